The van der Waals surface area contributed by atoms with E-state index >= 15 is 0 Å². The summed E-state index contributed by atoms with van der Waals surface area (Å²) in [6, 6.07) is 10.6. The van der Waals surface area contributed by atoms with Crippen molar-refractivity contribution in [3.63, 3.8) is 0 Å². The fourth-order valence-corrected chi connectivity index (χ4v) is 2.85. The molecular formula is C18H14BrF3O2. The Morgan fingerprint density at radius 3 is 2.46 bits per heavy atom. The highest BCUT2D eigenvalue weighted by atomic mass is 79.9. The maximum atomic E-state index is 13.4. The first-order valence-corrected chi connectivity index (χ1v) is 7.82. The van der Waals surface area contributed by atoms with E-state index in [9.17, 15) is 18.0 Å². The Morgan fingerprint density at radius 2 is 1.92 bits per heavy atom. The molecule has 0 spiro atoms. The zero-order valence-electron chi connectivity index (χ0n) is 12.6. The maximum absolute atomic E-state index is 13.4. The molecule has 0 amide bonds. The molecule has 6 heteroatoms. The molecule has 126 valence electrons. The molecule has 0 radical (unpaired) electrons. The second-order valence-electron chi connectivity index (χ2n) is 5.34. The SMILES string of the molecule is Cc1cccc(C(/C=C/c2ccc(C(=O)O)c(Br)c2)C(F)(F)F)c1. The fraction of sp³-hybridized carbons (Fsp3) is 0.167. The lowest BCUT2D eigenvalue weighted by Gasteiger charge is -2.17. The Labute approximate surface area is 145 Å². The predicted molar refractivity (Wildman–Crippen MR) is 90.1 cm³/mol. The highest BCUT2D eigenvalue weighted by Gasteiger charge is 2.38. The number of halogens is 4. The fourth-order valence-electron chi connectivity index (χ4n) is 2.29. The van der Waals surface area contributed by atoms with E-state index in [0.29, 0.717) is 10.0 Å². The van der Waals surface area contributed by atoms with Crippen LogP contribution in [0.2, 0.25) is 0 Å². The molecule has 0 aliphatic rings. The Hall–Kier alpha value is -2.08. The van der Waals surface area contributed by atoms with E-state index in [4.69, 9.17) is 5.11 Å². The smallest absolute Gasteiger partial charge is 0.399 e. The van der Waals surface area contributed by atoms with Crippen LogP contribution in [0, 0.1) is 6.92 Å². The van der Waals surface area contributed by atoms with Crippen molar-refractivity contribution in [2.75, 3.05) is 0 Å². The van der Waals surface area contributed by atoms with Crippen LogP contribution in [0.1, 0.15) is 33.0 Å². The number of hydrogen-bond donors (Lipinski definition) is 1. The average Bonchev–Trinajstić information content (AvgIpc) is 2.45. The number of hydrogen-bond acceptors (Lipinski definition) is 1. The van der Waals surface area contributed by atoms with Crippen LogP contribution in [0.3, 0.4) is 0 Å². The quantitative estimate of drug-likeness (QED) is 0.704. The number of benzene rings is 2. The molecule has 1 unspecified atom stereocenters. The molecule has 0 fully saturated rings. The molecule has 2 nitrogen and oxygen atoms in total. The van der Waals surface area contributed by atoms with Crippen LogP contribution in [0.5, 0.6) is 0 Å². The summed E-state index contributed by atoms with van der Waals surface area (Å²) in [5, 5.41) is 8.96. The summed E-state index contributed by atoms with van der Waals surface area (Å²) in [7, 11) is 0. The van der Waals surface area contributed by atoms with Crippen molar-refractivity contribution in [3.05, 3.63) is 75.3 Å². The van der Waals surface area contributed by atoms with Gasteiger partial charge < -0.3 is 5.11 Å². The standard InChI is InChI=1S/C18H14BrF3O2/c1-11-3-2-4-13(9-11)15(18(20,21)22)8-6-12-5-7-14(17(23)24)16(19)10-12/h2-10,15H,1H3,(H,23,24)/b8-6+. The summed E-state index contributed by atoms with van der Waals surface area (Å²) in [5.74, 6) is -2.83. The highest BCUT2D eigenvalue weighted by molar-refractivity contribution is 9.10. The lowest BCUT2D eigenvalue weighted by molar-refractivity contribution is -0.139. The van der Waals surface area contributed by atoms with Gasteiger partial charge in [0.25, 0.3) is 0 Å². The summed E-state index contributed by atoms with van der Waals surface area (Å²) in [4.78, 5) is 11.0. The van der Waals surface area contributed by atoms with Gasteiger partial charge in [-0.05, 0) is 46.1 Å². The number of carboxylic acids is 1. The van der Waals surface area contributed by atoms with Crippen molar-refractivity contribution in [1.82, 2.24) is 0 Å². The number of allylic oxidation sites excluding steroid dienone is 1. The Morgan fingerprint density at radius 1 is 1.21 bits per heavy atom. The molecule has 1 atom stereocenters. The number of alkyl halides is 3. The molecule has 0 saturated heterocycles. The van der Waals surface area contributed by atoms with Gasteiger partial charge in [0.05, 0.1) is 11.5 Å². The van der Waals surface area contributed by atoms with E-state index < -0.39 is 18.1 Å². The zero-order valence-corrected chi connectivity index (χ0v) is 14.2. The molecule has 0 heterocycles. The monoisotopic (exact) mass is 398 g/mol. The van der Waals surface area contributed by atoms with E-state index in [1.807, 2.05) is 0 Å². The van der Waals surface area contributed by atoms with Gasteiger partial charge in [-0.3, -0.25) is 0 Å². The lowest BCUT2D eigenvalue weighted by Crippen LogP contribution is -2.18. The number of aromatic carboxylic acids is 1. The maximum Gasteiger partial charge on any atom is 0.399 e. The number of carboxylic acid groups (broad SMARTS) is 1. The largest absolute Gasteiger partial charge is 0.478 e. The normalized spacial score (nSPS) is 13.2. The third-order valence-electron chi connectivity index (χ3n) is 3.46. The van der Waals surface area contributed by atoms with E-state index in [2.05, 4.69) is 15.9 Å². The van der Waals surface area contributed by atoms with Crippen molar-refractivity contribution in [3.8, 4) is 0 Å². The third-order valence-corrected chi connectivity index (χ3v) is 4.11. The molecule has 24 heavy (non-hydrogen) atoms. The molecular weight excluding hydrogens is 385 g/mol. The second-order valence-corrected chi connectivity index (χ2v) is 6.19. The summed E-state index contributed by atoms with van der Waals surface area (Å²) in [6.45, 7) is 1.74. The first kappa shape index (κ1) is 18.3. The molecule has 2 aromatic rings. The first-order valence-electron chi connectivity index (χ1n) is 7.03. The number of rotatable bonds is 4. The highest BCUT2D eigenvalue weighted by Crippen LogP contribution is 2.36. The summed E-state index contributed by atoms with van der Waals surface area (Å²) in [6.07, 6.45) is -1.99. The van der Waals surface area contributed by atoms with E-state index in [1.165, 1.54) is 36.4 Å². The van der Waals surface area contributed by atoms with Crippen LogP contribution in [0.25, 0.3) is 6.08 Å². The first-order chi connectivity index (χ1) is 11.2. The van der Waals surface area contributed by atoms with Gasteiger partial charge in [0.2, 0.25) is 0 Å². The third kappa shape index (κ3) is 4.47. The van der Waals surface area contributed by atoms with Gasteiger partial charge in [0, 0.05) is 4.47 Å². The average molecular weight is 399 g/mol. The molecule has 0 saturated carbocycles. The topological polar surface area (TPSA) is 37.3 Å². The Bertz CT molecular complexity index is 782. The van der Waals surface area contributed by atoms with Gasteiger partial charge in [-0.15, -0.1) is 0 Å². The molecule has 2 rings (SSSR count). The van der Waals surface area contributed by atoms with Gasteiger partial charge in [0.15, 0.2) is 0 Å². The molecule has 0 aliphatic heterocycles. The summed E-state index contributed by atoms with van der Waals surface area (Å²) in [5.41, 5.74) is 1.45. The van der Waals surface area contributed by atoms with E-state index in [1.54, 1.807) is 19.1 Å². The number of aryl methyl sites for hydroxylation is 1. The Balaban J connectivity index is 2.35. The van der Waals surface area contributed by atoms with Crippen molar-refractivity contribution in [2.45, 2.75) is 19.0 Å². The summed E-state index contributed by atoms with van der Waals surface area (Å²) < 4.78 is 40.4. The van der Waals surface area contributed by atoms with Gasteiger partial charge in [0.1, 0.15) is 0 Å². The van der Waals surface area contributed by atoms with Crippen LogP contribution in [-0.2, 0) is 0 Å². The Kier molecular flexibility index (Phi) is 5.49. The summed E-state index contributed by atoms with van der Waals surface area (Å²) >= 11 is 3.11. The lowest BCUT2D eigenvalue weighted by atomic mass is 9.95. The van der Waals surface area contributed by atoms with Crippen LogP contribution in [0.4, 0.5) is 13.2 Å². The minimum Gasteiger partial charge on any atom is -0.478 e. The number of carbonyl (C=O) groups is 1. The minimum absolute atomic E-state index is 0.0539. The van der Waals surface area contributed by atoms with Gasteiger partial charge >= 0.3 is 12.1 Å². The molecule has 1 N–H and O–H groups in total. The molecule has 0 bridgehead atoms. The van der Waals surface area contributed by atoms with E-state index in [0.717, 1.165) is 11.6 Å². The minimum atomic E-state index is -4.41. The van der Waals surface area contributed by atoms with Crippen molar-refractivity contribution >= 4 is 28.0 Å². The molecule has 2 aromatic carbocycles. The molecule has 0 aliphatic carbocycles. The second kappa shape index (κ2) is 7.21. The van der Waals surface area contributed by atoms with Gasteiger partial charge in [-0.2, -0.15) is 13.2 Å². The van der Waals surface area contributed by atoms with Crippen molar-refractivity contribution in [2.24, 2.45) is 0 Å². The zero-order chi connectivity index (χ0) is 17.9. The van der Waals surface area contributed by atoms with E-state index in [-0.39, 0.29) is 11.1 Å². The van der Waals surface area contributed by atoms with Gasteiger partial charge in [-0.25, -0.2) is 4.79 Å². The molecule has 0 aromatic heterocycles. The van der Waals surface area contributed by atoms with Crippen molar-refractivity contribution in [1.29, 1.82) is 0 Å². The van der Waals surface area contributed by atoms with Crippen LogP contribution in [0.15, 0.2) is 53.0 Å². The van der Waals surface area contributed by atoms with Crippen LogP contribution >= 0.6 is 15.9 Å². The van der Waals surface area contributed by atoms with Crippen molar-refractivity contribution < 1.29 is 23.1 Å². The van der Waals surface area contributed by atoms with Gasteiger partial charge in [-0.1, -0.05) is 48.0 Å². The predicted octanol–water partition coefficient (Wildman–Crippen LogP) is 5.82. The van der Waals surface area contributed by atoms with Crippen LogP contribution < -0.4 is 0 Å². The van der Waals surface area contributed by atoms with Crippen LogP contribution in [-0.4, -0.2) is 17.3 Å².